The van der Waals surface area contributed by atoms with E-state index in [2.05, 4.69) is 20.6 Å². The first kappa shape index (κ1) is 16.9. The summed E-state index contributed by atoms with van der Waals surface area (Å²) in [6.07, 6.45) is 2.94. The lowest BCUT2D eigenvalue weighted by molar-refractivity contribution is -0.126. The minimum atomic E-state index is -0.400. The predicted octanol–water partition coefficient (Wildman–Crippen LogP) is 2.39. The van der Waals surface area contributed by atoms with Crippen LogP contribution < -0.4 is 10.6 Å². The lowest BCUT2D eigenvalue weighted by Gasteiger charge is -2.09. The Hall–Kier alpha value is -2.47. The topological polar surface area (TPSA) is 84.0 Å². The van der Waals surface area contributed by atoms with E-state index in [9.17, 15) is 9.59 Å². The largest absolute Gasteiger partial charge is 0.350 e. The van der Waals surface area contributed by atoms with Crippen molar-refractivity contribution in [1.29, 1.82) is 0 Å². The Balaban J connectivity index is 1.83. The minimum absolute atomic E-state index is 0.232. The quantitative estimate of drug-likeness (QED) is 0.823. The van der Waals surface area contributed by atoms with Crippen LogP contribution in [0.1, 0.15) is 23.4 Å². The third kappa shape index (κ3) is 5.34. The molecule has 7 heteroatoms. The van der Waals surface area contributed by atoms with Gasteiger partial charge >= 0.3 is 0 Å². The van der Waals surface area contributed by atoms with Gasteiger partial charge in [0.1, 0.15) is 6.42 Å². The molecule has 0 atom stereocenters. The van der Waals surface area contributed by atoms with Crippen molar-refractivity contribution in [3.05, 3.63) is 52.6 Å². The zero-order valence-corrected chi connectivity index (χ0v) is 13.6. The molecule has 1 aromatic carbocycles. The summed E-state index contributed by atoms with van der Waals surface area (Å²) in [5, 5.41) is 5.83. The first-order chi connectivity index (χ1) is 10.9. The van der Waals surface area contributed by atoms with Crippen molar-refractivity contribution < 1.29 is 9.59 Å². The highest BCUT2D eigenvalue weighted by Crippen LogP contribution is 2.20. The van der Waals surface area contributed by atoms with Gasteiger partial charge in [-0.15, -0.1) is 0 Å². The molecule has 0 unspecified atom stereocenters. The van der Waals surface area contributed by atoms with Crippen LogP contribution in [-0.4, -0.2) is 21.8 Å². The Labute approximate surface area is 139 Å². The van der Waals surface area contributed by atoms with E-state index in [4.69, 9.17) is 11.6 Å². The summed E-state index contributed by atoms with van der Waals surface area (Å²) in [6, 6.07) is 5.19. The van der Waals surface area contributed by atoms with Crippen molar-refractivity contribution in [2.75, 3.05) is 5.32 Å². The van der Waals surface area contributed by atoms with Gasteiger partial charge in [0.25, 0.3) is 0 Å². The Morgan fingerprint density at radius 2 is 1.91 bits per heavy atom. The molecule has 120 valence electrons. The SMILES string of the molecule is Cc1cnc(CNC(=O)CC(=O)Nc2cc(Cl)ccc2C)cn1. The van der Waals surface area contributed by atoms with Gasteiger partial charge in [-0.25, -0.2) is 0 Å². The summed E-state index contributed by atoms with van der Waals surface area (Å²) in [4.78, 5) is 31.9. The molecule has 1 heterocycles. The number of carbonyl (C=O) groups is 2. The minimum Gasteiger partial charge on any atom is -0.350 e. The normalized spacial score (nSPS) is 10.2. The fourth-order valence-corrected chi connectivity index (χ4v) is 2.00. The van der Waals surface area contributed by atoms with Crippen LogP contribution in [0.3, 0.4) is 0 Å². The van der Waals surface area contributed by atoms with Crippen molar-refractivity contribution in [2.24, 2.45) is 0 Å². The van der Waals surface area contributed by atoms with Crippen LogP contribution >= 0.6 is 11.6 Å². The molecule has 2 aromatic rings. The van der Waals surface area contributed by atoms with Crippen molar-refractivity contribution in [1.82, 2.24) is 15.3 Å². The summed E-state index contributed by atoms with van der Waals surface area (Å²) >= 11 is 5.89. The molecule has 0 aliphatic rings. The first-order valence-electron chi connectivity index (χ1n) is 7.04. The van der Waals surface area contributed by atoms with E-state index < -0.39 is 5.91 Å². The van der Waals surface area contributed by atoms with Crippen molar-refractivity contribution in [3.8, 4) is 0 Å². The van der Waals surface area contributed by atoms with Gasteiger partial charge in [0.15, 0.2) is 0 Å². The average Bonchev–Trinajstić information content (AvgIpc) is 2.50. The number of amides is 2. The molecule has 0 bridgehead atoms. The van der Waals surface area contributed by atoms with Crippen LogP contribution in [0.2, 0.25) is 5.02 Å². The van der Waals surface area contributed by atoms with E-state index >= 15 is 0 Å². The number of aryl methyl sites for hydroxylation is 2. The Bertz CT molecular complexity index is 717. The predicted molar refractivity (Wildman–Crippen MR) is 88.1 cm³/mol. The number of nitrogens with one attached hydrogen (secondary N) is 2. The van der Waals surface area contributed by atoms with E-state index in [1.54, 1.807) is 30.6 Å². The summed E-state index contributed by atoms with van der Waals surface area (Å²) < 4.78 is 0. The highest BCUT2D eigenvalue weighted by Gasteiger charge is 2.11. The van der Waals surface area contributed by atoms with Gasteiger partial charge in [-0.1, -0.05) is 17.7 Å². The number of hydrogen-bond acceptors (Lipinski definition) is 4. The number of benzene rings is 1. The van der Waals surface area contributed by atoms with Gasteiger partial charge in [-0.3, -0.25) is 19.6 Å². The van der Waals surface area contributed by atoms with E-state index in [1.807, 2.05) is 13.8 Å². The molecular formula is C16H17ClN4O2. The van der Waals surface area contributed by atoms with E-state index in [1.165, 1.54) is 0 Å². The van der Waals surface area contributed by atoms with Gasteiger partial charge in [0.2, 0.25) is 11.8 Å². The fourth-order valence-electron chi connectivity index (χ4n) is 1.83. The van der Waals surface area contributed by atoms with Crippen LogP contribution in [0.5, 0.6) is 0 Å². The molecule has 0 spiro atoms. The maximum atomic E-state index is 11.9. The highest BCUT2D eigenvalue weighted by atomic mass is 35.5. The Kier molecular flexibility index (Phi) is 5.65. The van der Waals surface area contributed by atoms with E-state index in [0.717, 1.165) is 11.3 Å². The van der Waals surface area contributed by atoms with Crippen LogP contribution in [-0.2, 0) is 16.1 Å². The van der Waals surface area contributed by atoms with Crippen LogP contribution in [0, 0.1) is 13.8 Å². The molecule has 2 rings (SSSR count). The second-order valence-electron chi connectivity index (χ2n) is 5.11. The fraction of sp³-hybridized carbons (Fsp3) is 0.250. The number of aromatic nitrogens is 2. The molecule has 2 amide bonds. The summed E-state index contributed by atoms with van der Waals surface area (Å²) in [5.41, 5.74) is 2.91. The molecule has 0 fully saturated rings. The molecule has 1 aromatic heterocycles. The van der Waals surface area contributed by atoms with Crippen molar-refractivity contribution >= 4 is 29.1 Å². The Morgan fingerprint density at radius 1 is 1.13 bits per heavy atom. The van der Waals surface area contributed by atoms with Gasteiger partial charge in [-0.2, -0.15) is 0 Å². The lowest BCUT2D eigenvalue weighted by atomic mass is 10.2. The molecule has 6 nitrogen and oxygen atoms in total. The van der Waals surface area contributed by atoms with E-state index in [0.29, 0.717) is 16.4 Å². The summed E-state index contributed by atoms with van der Waals surface area (Å²) in [6.45, 7) is 3.91. The van der Waals surface area contributed by atoms with Crippen LogP contribution in [0.25, 0.3) is 0 Å². The number of hydrogen-bond donors (Lipinski definition) is 2. The maximum absolute atomic E-state index is 11.9. The Morgan fingerprint density at radius 3 is 2.61 bits per heavy atom. The smallest absolute Gasteiger partial charge is 0.233 e. The summed E-state index contributed by atoms with van der Waals surface area (Å²) in [5.74, 6) is -0.785. The van der Waals surface area contributed by atoms with Crippen molar-refractivity contribution in [2.45, 2.75) is 26.8 Å². The number of halogens is 1. The second kappa shape index (κ2) is 7.69. The number of nitrogens with zero attached hydrogens (tertiary/aromatic N) is 2. The number of rotatable bonds is 5. The molecule has 0 aliphatic heterocycles. The second-order valence-corrected chi connectivity index (χ2v) is 5.55. The van der Waals surface area contributed by atoms with Crippen LogP contribution in [0.15, 0.2) is 30.6 Å². The molecule has 0 saturated carbocycles. The molecule has 23 heavy (non-hydrogen) atoms. The maximum Gasteiger partial charge on any atom is 0.233 e. The number of anilines is 1. The van der Waals surface area contributed by atoms with Gasteiger partial charge in [0, 0.05) is 16.9 Å². The van der Waals surface area contributed by atoms with Crippen molar-refractivity contribution in [3.63, 3.8) is 0 Å². The zero-order valence-electron chi connectivity index (χ0n) is 12.9. The molecule has 2 N–H and O–H groups in total. The van der Waals surface area contributed by atoms with Gasteiger partial charge in [-0.05, 0) is 31.5 Å². The summed E-state index contributed by atoms with van der Waals surface area (Å²) in [7, 11) is 0. The first-order valence-corrected chi connectivity index (χ1v) is 7.42. The van der Waals surface area contributed by atoms with Crippen LogP contribution in [0.4, 0.5) is 5.69 Å². The highest BCUT2D eigenvalue weighted by molar-refractivity contribution is 6.31. The standard InChI is InChI=1S/C16H17ClN4O2/c1-10-3-4-12(17)5-14(10)21-16(23)6-15(22)20-9-13-8-18-11(2)7-19-13/h3-5,7-8H,6,9H2,1-2H3,(H,20,22)(H,21,23). The van der Waals surface area contributed by atoms with E-state index in [-0.39, 0.29) is 18.9 Å². The molecular weight excluding hydrogens is 316 g/mol. The molecule has 0 saturated heterocycles. The van der Waals surface area contributed by atoms with Gasteiger partial charge in [0.05, 0.1) is 24.1 Å². The van der Waals surface area contributed by atoms with Gasteiger partial charge < -0.3 is 10.6 Å². The molecule has 0 radical (unpaired) electrons. The average molecular weight is 333 g/mol. The monoisotopic (exact) mass is 332 g/mol. The third-order valence-electron chi connectivity index (χ3n) is 3.10. The molecule has 0 aliphatic carbocycles. The zero-order chi connectivity index (χ0) is 16.8. The lowest BCUT2D eigenvalue weighted by Crippen LogP contribution is -2.28. The number of carbonyl (C=O) groups excluding carboxylic acids is 2. The third-order valence-corrected chi connectivity index (χ3v) is 3.33.